The quantitative estimate of drug-likeness (QED) is 0.295. The average Bonchev–Trinajstić information content (AvgIpc) is 2.94. The highest BCUT2D eigenvalue weighted by Crippen LogP contribution is 2.29. The van der Waals surface area contributed by atoms with Gasteiger partial charge in [0.25, 0.3) is 5.91 Å². The highest BCUT2D eigenvalue weighted by atomic mass is 19.1. The maximum absolute atomic E-state index is 13.1. The Kier molecular flexibility index (Phi) is 6.76. The maximum Gasteiger partial charge on any atom is 0.339 e. The molecule has 7 heteroatoms. The highest BCUT2D eigenvalue weighted by Gasteiger charge is 2.17. The number of methoxy groups -OCH3 is 1. The third kappa shape index (κ3) is 5.41. The van der Waals surface area contributed by atoms with E-state index in [9.17, 15) is 14.0 Å². The zero-order chi connectivity index (χ0) is 25.8. The fourth-order valence-electron chi connectivity index (χ4n) is 4.07. The van der Waals surface area contributed by atoms with Crippen LogP contribution in [0.4, 0.5) is 4.39 Å². The molecule has 5 rings (SSSR count). The molecule has 0 atom stereocenters. The maximum atomic E-state index is 13.1. The summed E-state index contributed by atoms with van der Waals surface area (Å²) < 4.78 is 23.7. The van der Waals surface area contributed by atoms with E-state index in [1.807, 2.05) is 54.6 Å². The van der Waals surface area contributed by atoms with Gasteiger partial charge in [0.05, 0.1) is 23.9 Å². The van der Waals surface area contributed by atoms with Crippen molar-refractivity contribution in [1.29, 1.82) is 0 Å². The number of halogens is 1. The van der Waals surface area contributed by atoms with Gasteiger partial charge in [-0.05, 0) is 58.8 Å². The summed E-state index contributed by atoms with van der Waals surface area (Å²) in [6, 6.07) is 26.5. The Morgan fingerprint density at radius 3 is 2.46 bits per heavy atom. The summed E-state index contributed by atoms with van der Waals surface area (Å²) in [5.41, 5.74) is 3.16. The fraction of sp³-hybridized carbons (Fsp3) is 0.100. The van der Waals surface area contributed by atoms with Crippen LogP contribution < -0.4 is 10.1 Å². The number of rotatable bonds is 7. The molecular weight excluding hydrogens is 471 g/mol. The third-order valence-electron chi connectivity index (χ3n) is 6.02. The number of benzene rings is 4. The molecule has 0 saturated heterocycles. The van der Waals surface area contributed by atoms with Crippen molar-refractivity contribution in [3.05, 3.63) is 108 Å². The van der Waals surface area contributed by atoms with Crippen molar-refractivity contribution in [3.63, 3.8) is 0 Å². The molecule has 0 bridgehead atoms. The number of ether oxygens (including phenoxy) is 2. The first-order valence-electron chi connectivity index (χ1n) is 11.7. The van der Waals surface area contributed by atoms with Crippen LogP contribution in [0, 0.1) is 5.82 Å². The summed E-state index contributed by atoms with van der Waals surface area (Å²) >= 11 is 0. The second-order valence-electron chi connectivity index (χ2n) is 8.48. The zero-order valence-electron chi connectivity index (χ0n) is 20.0. The number of fused-ring (bicyclic) bond motifs is 2. The van der Waals surface area contributed by atoms with E-state index in [-0.39, 0.29) is 12.4 Å². The summed E-state index contributed by atoms with van der Waals surface area (Å²) in [7, 11) is 1.63. The molecule has 5 aromatic rings. The molecule has 0 fully saturated rings. The predicted molar refractivity (Wildman–Crippen MR) is 140 cm³/mol. The first-order chi connectivity index (χ1) is 18.0. The van der Waals surface area contributed by atoms with Gasteiger partial charge in [0, 0.05) is 17.5 Å². The number of esters is 1. The van der Waals surface area contributed by atoms with Gasteiger partial charge in [-0.3, -0.25) is 4.79 Å². The summed E-state index contributed by atoms with van der Waals surface area (Å²) in [4.78, 5) is 30.1. The van der Waals surface area contributed by atoms with Gasteiger partial charge in [-0.15, -0.1) is 0 Å². The Bertz CT molecular complexity index is 1620. The number of pyridine rings is 1. The molecule has 4 aromatic carbocycles. The van der Waals surface area contributed by atoms with E-state index in [2.05, 4.69) is 5.32 Å². The lowest BCUT2D eigenvalue weighted by molar-refractivity contribution is -0.124. The molecule has 0 aliphatic rings. The van der Waals surface area contributed by atoms with Crippen LogP contribution >= 0.6 is 0 Å². The lowest BCUT2D eigenvalue weighted by atomic mass is 10.0. The highest BCUT2D eigenvalue weighted by molar-refractivity contribution is 6.05. The molecule has 0 aliphatic carbocycles. The molecule has 0 aliphatic heterocycles. The molecule has 0 unspecified atom stereocenters. The van der Waals surface area contributed by atoms with Gasteiger partial charge in [-0.2, -0.15) is 0 Å². The molecule has 184 valence electrons. The van der Waals surface area contributed by atoms with Crippen LogP contribution in [0.25, 0.3) is 32.9 Å². The minimum atomic E-state index is -0.623. The van der Waals surface area contributed by atoms with E-state index in [1.165, 1.54) is 12.1 Å². The molecule has 1 amide bonds. The summed E-state index contributed by atoms with van der Waals surface area (Å²) in [6.07, 6.45) is 0. The number of nitrogens with zero attached hydrogens (tertiary/aromatic N) is 1. The first kappa shape index (κ1) is 23.9. The van der Waals surface area contributed by atoms with Crippen molar-refractivity contribution in [3.8, 4) is 17.0 Å². The predicted octanol–water partition coefficient (Wildman–Crippen LogP) is 5.68. The lowest BCUT2D eigenvalue weighted by Gasteiger charge is -2.11. The molecule has 1 aromatic heterocycles. The molecule has 6 nitrogen and oxygen atoms in total. The van der Waals surface area contributed by atoms with Crippen molar-refractivity contribution in [2.24, 2.45) is 0 Å². The van der Waals surface area contributed by atoms with Crippen LogP contribution in [0.3, 0.4) is 0 Å². The van der Waals surface area contributed by atoms with E-state index in [1.54, 1.807) is 31.4 Å². The topological polar surface area (TPSA) is 77.5 Å². The molecule has 1 heterocycles. The fourth-order valence-corrected chi connectivity index (χ4v) is 4.07. The second-order valence-corrected chi connectivity index (χ2v) is 8.48. The Labute approximate surface area is 212 Å². The van der Waals surface area contributed by atoms with Gasteiger partial charge >= 0.3 is 5.97 Å². The van der Waals surface area contributed by atoms with Crippen molar-refractivity contribution in [2.45, 2.75) is 6.54 Å². The van der Waals surface area contributed by atoms with Crippen molar-refractivity contribution in [1.82, 2.24) is 10.3 Å². The van der Waals surface area contributed by atoms with Gasteiger partial charge in [0.15, 0.2) is 6.61 Å². The number of amides is 1. The number of carbonyl (C=O) groups excluding carboxylic acids is 2. The Morgan fingerprint density at radius 1 is 0.892 bits per heavy atom. The smallest absolute Gasteiger partial charge is 0.339 e. The number of hydrogen-bond acceptors (Lipinski definition) is 5. The van der Waals surface area contributed by atoms with Crippen molar-refractivity contribution < 1.29 is 23.5 Å². The zero-order valence-corrected chi connectivity index (χ0v) is 20.0. The third-order valence-corrected chi connectivity index (χ3v) is 6.02. The number of nitrogens with one attached hydrogen (secondary N) is 1. The normalized spacial score (nSPS) is 10.9. The summed E-state index contributed by atoms with van der Waals surface area (Å²) in [5.74, 6) is -0.656. The second kappa shape index (κ2) is 10.5. The molecule has 0 spiro atoms. The number of hydrogen-bond donors (Lipinski definition) is 1. The van der Waals surface area contributed by atoms with E-state index in [0.717, 1.165) is 27.6 Å². The van der Waals surface area contributed by atoms with Crippen molar-refractivity contribution in [2.75, 3.05) is 13.7 Å². The van der Waals surface area contributed by atoms with Crippen LogP contribution in [0.5, 0.6) is 5.75 Å². The molecule has 1 N–H and O–H groups in total. The van der Waals surface area contributed by atoms with Crippen LogP contribution in [-0.4, -0.2) is 30.6 Å². The van der Waals surface area contributed by atoms with Crippen LogP contribution in [0.15, 0.2) is 91.0 Å². The van der Waals surface area contributed by atoms with E-state index < -0.39 is 18.5 Å². The van der Waals surface area contributed by atoms with Gasteiger partial charge < -0.3 is 14.8 Å². The first-order valence-corrected chi connectivity index (χ1v) is 11.7. The van der Waals surface area contributed by atoms with Crippen molar-refractivity contribution >= 4 is 33.6 Å². The molecule has 0 radical (unpaired) electrons. The van der Waals surface area contributed by atoms with Crippen LogP contribution in [0.2, 0.25) is 0 Å². The minimum absolute atomic E-state index is 0.201. The van der Waals surface area contributed by atoms with Gasteiger partial charge in [-0.1, -0.05) is 48.5 Å². The van der Waals surface area contributed by atoms with E-state index >= 15 is 0 Å². The SMILES string of the molecule is COc1ccc2cc(-c3cc(C(=O)OCC(=O)NCc4ccc(F)cc4)c4ccccc4n3)ccc2c1. The van der Waals surface area contributed by atoms with Gasteiger partial charge in [-0.25, -0.2) is 14.2 Å². The number of aromatic nitrogens is 1. The van der Waals surface area contributed by atoms with Crippen LogP contribution in [0.1, 0.15) is 15.9 Å². The Balaban J connectivity index is 1.36. The Morgan fingerprint density at radius 2 is 1.65 bits per heavy atom. The molecule has 0 saturated carbocycles. The number of para-hydroxylation sites is 1. The lowest BCUT2D eigenvalue weighted by Crippen LogP contribution is -2.28. The largest absolute Gasteiger partial charge is 0.497 e. The molecule has 37 heavy (non-hydrogen) atoms. The van der Waals surface area contributed by atoms with Gasteiger partial charge in [0.2, 0.25) is 0 Å². The summed E-state index contributed by atoms with van der Waals surface area (Å²) in [5, 5.41) is 5.33. The molecular formula is C30H23FN2O4. The minimum Gasteiger partial charge on any atom is -0.497 e. The standard InChI is InChI=1S/C30H23FN2O4/c1-36-24-13-10-20-14-22(9-8-21(20)15-24)28-16-26(25-4-2-3-5-27(25)33-28)30(35)37-18-29(34)32-17-19-6-11-23(31)12-7-19/h2-16H,17-18H2,1H3,(H,32,34). The van der Waals surface area contributed by atoms with E-state index in [4.69, 9.17) is 14.5 Å². The van der Waals surface area contributed by atoms with Gasteiger partial charge in [0.1, 0.15) is 11.6 Å². The number of carbonyl (C=O) groups is 2. The van der Waals surface area contributed by atoms with Crippen LogP contribution in [-0.2, 0) is 16.1 Å². The van der Waals surface area contributed by atoms with E-state index in [0.29, 0.717) is 22.2 Å². The monoisotopic (exact) mass is 494 g/mol. The average molecular weight is 495 g/mol. The summed E-state index contributed by atoms with van der Waals surface area (Å²) in [6.45, 7) is -0.239. The Hall–Kier alpha value is -4.78.